The highest BCUT2D eigenvalue weighted by atomic mass is 16.5. The molecule has 2 unspecified atom stereocenters. The van der Waals surface area contributed by atoms with Gasteiger partial charge in [0.05, 0.1) is 12.0 Å². The lowest BCUT2D eigenvalue weighted by molar-refractivity contribution is -0.106. The maximum absolute atomic E-state index is 8.91. The first kappa shape index (κ1) is 8.03. The molecule has 0 bridgehead atoms. The van der Waals surface area contributed by atoms with Gasteiger partial charge in [0.25, 0.3) is 0 Å². The van der Waals surface area contributed by atoms with Crippen molar-refractivity contribution in [3.8, 4) is 6.07 Å². The predicted octanol–water partition coefficient (Wildman–Crippen LogP) is 1.02. The number of hydrogen-bond donors (Lipinski definition) is 1. The summed E-state index contributed by atoms with van der Waals surface area (Å²) in [4.78, 5) is 0. The van der Waals surface area contributed by atoms with E-state index >= 15 is 0 Å². The first-order chi connectivity index (χ1) is 5.87. The third-order valence-corrected chi connectivity index (χ3v) is 2.88. The molecule has 2 saturated heterocycles. The SMILES string of the molecule is N#CC1CCNC12CCCCO2. The van der Waals surface area contributed by atoms with E-state index in [-0.39, 0.29) is 11.6 Å². The standard InChI is InChI=1S/C9H14N2O/c10-7-8-3-5-11-9(8)4-1-2-6-12-9/h8,11H,1-6H2. The van der Waals surface area contributed by atoms with Crippen LogP contribution in [0.3, 0.4) is 0 Å². The average molecular weight is 166 g/mol. The number of nitrogens with one attached hydrogen (secondary N) is 1. The molecule has 0 aromatic rings. The van der Waals surface area contributed by atoms with Gasteiger partial charge in [0.1, 0.15) is 5.72 Å². The second kappa shape index (κ2) is 3.04. The van der Waals surface area contributed by atoms with Crippen LogP contribution >= 0.6 is 0 Å². The number of ether oxygens (including phenoxy) is 1. The number of rotatable bonds is 0. The van der Waals surface area contributed by atoms with Crippen LogP contribution in [0.25, 0.3) is 0 Å². The Hall–Kier alpha value is -0.590. The van der Waals surface area contributed by atoms with Crippen LogP contribution in [-0.2, 0) is 4.74 Å². The molecule has 3 heteroatoms. The van der Waals surface area contributed by atoms with E-state index in [1.807, 2.05) is 0 Å². The van der Waals surface area contributed by atoms with E-state index < -0.39 is 0 Å². The molecule has 2 aliphatic rings. The zero-order valence-corrected chi connectivity index (χ0v) is 7.18. The molecule has 2 fully saturated rings. The maximum atomic E-state index is 8.91. The van der Waals surface area contributed by atoms with Crippen molar-refractivity contribution in [1.29, 1.82) is 5.26 Å². The second-order valence-electron chi connectivity index (χ2n) is 3.59. The van der Waals surface area contributed by atoms with Gasteiger partial charge < -0.3 is 4.74 Å². The van der Waals surface area contributed by atoms with Crippen molar-refractivity contribution in [3.05, 3.63) is 0 Å². The lowest BCUT2D eigenvalue weighted by atomic mass is 9.91. The topological polar surface area (TPSA) is 45.0 Å². The normalized spacial score (nSPS) is 41.4. The van der Waals surface area contributed by atoms with Crippen molar-refractivity contribution in [2.45, 2.75) is 31.4 Å². The summed E-state index contributed by atoms with van der Waals surface area (Å²) >= 11 is 0. The highest BCUT2D eigenvalue weighted by Crippen LogP contribution is 2.34. The molecule has 0 radical (unpaired) electrons. The molecule has 2 rings (SSSR count). The zero-order chi connectivity index (χ0) is 8.44. The van der Waals surface area contributed by atoms with Crippen LogP contribution in [0.5, 0.6) is 0 Å². The maximum Gasteiger partial charge on any atom is 0.135 e. The summed E-state index contributed by atoms with van der Waals surface area (Å²) in [6.45, 7) is 1.74. The van der Waals surface area contributed by atoms with Crippen LogP contribution in [0.4, 0.5) is 0 Å². The van der Waals surface area contributed by atoms with E-state index in [0.29, 0.717) is 0 Å². The largest absolute Gasteiger partial charge is 0.359 e. The van der Waals surface area contributed by atoms with Gasteiger partial charge in [0.2, 0.25) is 0 Å². The van der Waals surface area contributed by atoms with Crippen LogP contribution < -0.4 is 5.32 Å². The van der Waals surface area contributed by atoms with Gasteiger partial charge in [-0.15, -0.1) is 0 Å². The van der Waals surface area contributed by atoms with Crippen molar-refractivity contribution < 1.29 is 4.74 Å². The molecule has 0 amide bonds. The molecule has 3 nitrogen and oxygen atoms in total. The van der Waals surface area contributed by atoms with Crippen LogP contribution in [0, 0.1) is 17.2 Å². The summed E-state index contributed by atoms with van der Waals surface area (Å²) in [5, 5.41) is 12.2. The van der Waals surface area contributed by atoms with E-state index in [9.17, 15) is 0 Å². The van der Waals surface area contributed by atoms with Crippen molar-refractivity contribution >= 4 is 0 Å². The fraction of sp³-hybridized carbons (Fsp3) is 0.889. The first-order valence-corrected chi connectivity index (χ1v) is 4.66. The molecule has 2 atom stereocenters. The molecule has 0 aromatic heterocycles. The molecule has 0 saturated carbocycles. The Balaban J connectivity index is 2.12. The summed E-state index contributed by atoms with van der Waals surface area (Å²) in [6, 6.07) is 2.34. The Morgan fingerprint density at radius 1 is 1.50 bits per heavy atom. The highest BCUT2D eigenvalue weighted by molar-refractivity contribution is 5.03. The van der Waals surface area contributed by atoms with Crippen LogP contribution in [0.2, 0.25) is 0 Å². The third kappa shape index (κ3) is 1.12. The minimum Gasteiger partial charge on any atom is -0.359 e. The molecule has 2 heterocycles. The number of nitrogens with zero attached hydrogens (tertiary/aromatic N) is 1. The van der Waals surface area contributed by atoms with Gasteiger partial charge in [0, 0.05) is 6.61 Å². The van der Waals surface area contributed by atoms with Gasteiger partial charge in [-0.05, 0) is 32.2 Å². The average Bonchev–Trinajstić information content (AvgIpc) is 2.49. The molecule has 0 aliphatic carbocycles. The van der Waals surface area contributed by atoms with Crippen molar-refractivity contribution in [2.24, 2.45) is 5.92 Å². The predicted molar refractivity (Wildman–Crippen MR) is 44.3 cm³/mol. The van der Waals surface area contributed by atoms with Gasteiger partial charge in [-0.1, -0.05) is 0 Å². The lowest BCUT2D eigenvalue weighted by Crippen LogP contribution is -2.49. The molecule has 2 aliphatic heterocycles. The number of hydrogen-bond acceptors (Lipinski definition) is 3. The monoisotopic (exact) mass is 166 g/mol. The van der Waals surface area contributed by atoms with Gasteiger partial charge in [-0.3, -0.25) is 5.32 Å². The third-order valence-electron chi connectivity index (χ3n) is 2.88. The molecule has 12 heavy (non-hydrogen) atoms. The minimum atomic E-state index is -0.271. The van der Waals surface area contributed by atoms with Gasteiger partial charge >= 0.3 is 0 Å². The Morgan fingerprint density at radius 3 is 3.08 bits per heavy atom. The van der Waals surface area contributed by atoms with E-state index in [2.05, 4.69) is 11.4 Å². The van der Waals surface area contributed by atoms with Crippen LogP contribution in [-0.4, -0.2) is 18.9 Å². The zero-order valence-electron chi connectivity index (χ0n) is 7.18. The van der Waals surface area contributed by atoms with Crippen molar-refractivity contribution in [3.63, 3.8) is 0 Å². The van der Waals surface area contributed by atoms with E-state index in [1.165, 1.54) is 6.42 Å². The smallest absolute Gasteiger partial charge is 0.135 e. The molecule has 66 valence electrons. The molecule has 0 aromatic carbocycles. The molecular weight excluding hydrogens is 152 g/mol. The van der Waals surface area contributed by atoms with E-state index in [4.69, 9.17) is 10.00 Å². The minimum absolute atomic E-state index is 0.0674. The lowest BCUT2D eigenvalue weighted by Gasteiger charge is -2.36. The van der Waals surface area contributed by atoms with Crippen LogP contribution in [0.15, 0.2) is 0 Å². The summed E-state index contributed by atoms with van der Waals surface area (Å²) < 4.78 is 5.70. The van der Waals surface area contributed by atoms with Gasteiger partial charge in [-0.25, -0.2) is 0 Å². The molecular formula is C9H14N2O. The highest BCUT2D eigenvalue weighted by Gasteiger charge is 2.44. The van der Waals surface area contributed by atoms with E-state index in [1.54, 1.807) is 0 Å². The second-order valence-corrected chi connectivity index (χ2v) is 3.59. The Bertz CT molecular complexity index is 203. The van der Waals surface area contributed by atoms with E-state index in [0.717, 1.165) is 32.4 Å². The summed E-state index contributed by atoms with van der Waals surface area (Å²) in [7, 11) is 0. The van der Waals surface area contributed by atoms with Gasteiger partial charge in [0.15, 0.2) is 0 Å². The molecule has 1 N–H and O–H groups in total. The Kier molecular flexibility index (Phi) is 2.03. The summed E-state index contributed by atoms with van der Waals surface area (Å²) in [5.41, 5.74) is -0.271. The van der Waals surface area contributed by atoms with Crippen molar-refractivity contribution in [1.82, 2.24) is 5.32 Å². The van der Waals surface area contributed by atoms with Crippen LogP contribution in [0.1, 0.15) is 25.7 Å². The van der Waals surface area contributed by atoms with Gasteiger partial charge in [-0.2, -0.15) is 5.26 Å². The quantitative estimate of drug-likeness (QED) is 0.584. The molecule has 1 spiro atoms. The fourth-order valence-electron chi connectivity index (χ4n) is 2.18. The van der Waals surface area contributed by atoms with Crippen molar-refractivity contribution in [2.75, 3.05) is 13.2 Å². The summed E-state index contributed by atoms with van der Waals surface area (Å²) in [5.74, 6) is 0.0674. The fourth-order valence-corrected chi connectivity index (χ4v) is 2.18. The Morgan fingerprint density at radius 2 is 2.42 bits per heavy atom. The first-order valence-electron chi connectivity index (χ1n) is 4.66. The number of nitriles is 1. The Labute approximate surface area is 72.7 Å². The summed E-state index contributed by atoms with van der Waals surface area (Å²) in [6.07, 6.45) is 4.27.